The second kappa shape index (κ2) is 5.94. The molecule has 1 aliphatic heterocycles. The molecule has 2 heterocycles. The van der Waals surface area contributed by atoms with Gasteiger partial charge in [0.15, 0.2) is 11.8 Å². The van der Waals surface area contributed by atoms with Gasteiger partial charge in [0.2, 0.25) is 0 Å². The van der Waals surface area contributed by atoms with E-state index in [4.69, 9.17) is 16.9 Å². The number of hydrogen-bond donors (Lipinski definition) is 1. The van der Waals surface area contributed by atoms with Gasteiger partial charge in [-0.15, -0.1) is 0 Å². The highest BCUT2D eigenvalue weighted by atomic mass is 35.5. The highest BCUT2D eigenvalue weighted by Gasteiger charge is 2.51. The van der Waals surface area contributed by atoms with Crippen LogP contribution in [0.1, 0.15) is 19.5 Å². The van der Waals surface area contributed by atoms with Gasteiger partial charge in [-0.1, -0.05) is 25.4 Å². The van der Waals surface area contributed by atoms with E-state index in [0.717, 1.165) is 0 Å². The number of halogens is 4. The summed E-state index contributed by atoms with van der Waals surface area (Å²) in [5, 5.41) is 18.6. The van der Waals surface area contributed by atoms with Crippen molar-refractivity contribution in [2.45, 2.75) is 32.2 Å². The average molecular weight is 334 g/mol. The lowest BCUT2D eigenvalue weighted by Crippen LogP contribution is -2.49. The van der Waals surface area contributed by atoms with Gasteiger partial charge in [0.05, 0.1) is 22.9 Å². The molecule has 0 aliphatic carbocycles. The Labute approximate surface area is 131 Å². The number of rotatable bonds is 2. The normalized spacial score (nSPS) is 26.8. The summed E-state index contributed by atoms with van der Waals surface area (Å²) >= 11 is 5.90. The summed E-state index contributed by atoms with van der Waals surface area (Å²) in [6, 6.07) is 2.10. The molecule has 8 heteroatoms. The van der Waals surface area contributed by atoms with Gasteiger partial charge < -0.3 is 10.0 Å². The van der Waals surface area contributed by atoms with E-state index in [0.29, 0.717) is 12.2 Å². The number of anilines is 1. The maximum Gasteiger partial charge on any atom is 0.416 e. The number of nitriles is 1. The average Bonchev–Trinajstić information content (AvgIpc) is 2.73. The molecule has 1 aliphatic rings. The molecule has 0 bridgehead atoms. The summed E-state index contributed by atoms with van der Waals surface area (Å²) in [5.41, 5.74) is 0.382. The molecular formula is C14H15ClF3N3O. The monoisotopic (exact) mass is 333 g/mol. The maximum atomic E-state index is 12.9. The molecule has 0 unspecified atom stereocenters. The maximum absolute atomic E-state index is 12.9. The Balaban J connectivity index is 2.40. The van der Waals surface area contributed by atoms with Crippen LogP contribution in [0.3, 0.4) is 0 Å². The zero-order valence-electron chi connectivity index (χ0n) is 12.0. The smallest absolute Gasteiger partial charge is 0.382 e. The third-order valence-electron chi connectivity index (χ3n) is 4.20. The van der Waals surface area contributed by atoms with E-state index >= 15 is 0 Å². The predicted molar refractivity (Wildman–Crippen MR) is 75.5 cm³/mol. The zero-order valence-corrected chi connectivity index (χ0v) is 12.7. The van der Waals surface area contributed by atoms with Crippen molar-refractivity contribution in [1.29, 1.82) is 5.26 Å². The Bertz CT molecular complexity index is 602. The Hall–Kier alpha value is -1.52. The van der Waals surface area contributed by atoms with Crippen molar-refractivity contribution in [3.63, 3.8) is 0 Å². The molecule has 0 spiro atoms. The van der Waals surface area contributed by atoms with Crippen molar-refractivity contribution in [3.8, 4) is 6.07 Å². The van der Waals surface area contributed by atoms with Gasteiger partial charge in [-0.2, -0.15) is 18.4 Å². The SMILES string of the molecule is C[C@@H]1[C@H]([C@@H](O)C(F)(F)F)N(c2cnc(C#N)c(Cl)c2)C[C@@H]1C. The molecule has 1 fully saturated rings. The van der Waals surface area contributed by atoms with Crippen molar-refractivity contribution in [2.24, 2.45) is 11.8 Å². The van der Waals surface area contributed by atoms with Crippen molar-refractivity contribution >= 4 is 17.3 Å². The molecule has 1 N–H and O–H groups in total. The number of pyridine rings is 1. The fourth-order valence-electron chi connectivity index (χ4n) is 2.81. The summed E-state index contributed by atoms with van der Waals surface area (Å²) in [5.74, 6) is -0.387. The second-order valence-corrected chi connectivity index (χ2v) is 6.01. The summed E-state index contributed by atoms with van der Waals surface area (Å²) in [7, 11) is 0. The summed E-state index contributed by atoms with van der Waals surface area (Å²) in [4.78, 5) is 5.32. The molecule has 0 radical (unpaired) electrons. The highest BCUT2D eigenvalue weighted by molar-refractivity contribution is 6.31. The van der Waals surface area contributed by atoms with Crippen molar-refractivity contribution < 1.29 is 18.3 Å². The fourth-order valence-corrected chi connectivity index (χ4v) is 3.02. The lowest BCUT2D eigenvalue weighted by Gasteiger charge is -2.33. The first-order valence-corrected chi connectivity index (χ1v) is 7.11. The fraction of sp³-hybridized carbons (Fsp3) is 0.571. The quantitative estimate of drug-likeness (QED) is 0.904. The van der Waals surface area contributed by atoms with Crippen molar-refractivity contribution in [1.82, 2.24) is 4.98 Å². The number of hydrogen-bond acceptors (Lipinski definition) is 4. The van der Waals surface area contributed by atoms with E-state index in [2.05, 4.69) is 4.98 Å². The molecule has 1 aromatic heterocycles. The van der Waals surface area contributed by atoms with Gasteiger partial charge in [-0.05, 0) is 17.9 Å². The van der Waals surface area contributed by atoms with Crippen LogP contribution in [0, 0.1) is 23.2 Å². The van der Waals surface area contributed by atoms with Crippen LogP contribution in [-0.2, 0) is 0 Å². The minimum absolute atomic E-state index is 0.0126. The first-order chi connectivity index (χ1) is 10.2. The molecule has 1 saturated heterocycles. The second-order valence-electron chi connectivity index (χ2n) is 5.60. The molecule has 4 atom stereocenters. The number of alkyl halides is 3. The van der Waals surface area contributed by atoms with Crippen LogP contribution in [0.5, 0.6) is 0 Å². The predicted octanol–water partition coefficient (Wildman–Crippen LogP) is 2.99. The van der Waals surface area contributed by atoms with Gasteiger partial charge in [0.1, 0.15) is 6.07 Å². The zero-order chi connectivity index (χ0) is 16.7. The minimum atomic E-state index is -4.70. The standard InChI is InChI=1S/C14H15ClF3N3O/c1-7-6-21(9-3-10(15)11(4-19)20-5-9)12(8(7)2)13(22)14(16,17)18/h3,5,7-8,12-13,22H,6H2,1-2H3/t7-,8-,12+,13+/m0/s1. The third-order valence-corrected chi connectivity index (χ3v) is 4.49. The van der Waals surface area contributed by atoms with E-state index in [1.165, 1.54) is 17.2 Å². The summed E-state index contributed by atoms with van der Waals surface area (Å²) < 4.78 is 38.8. The van der Waals surface area contributed by atoms with E-state index in [9.17, 15) is 18.3 Å². The molecule has 0 saturated carbocycles. The van der Waals surface area contributed by atoms with Gasteiger partial charge in [-0.3, -0.25) is 0 Å². The summed E-state index contributed by atoms with van der Waals surface area (Å²) in [6.45, 7) is 3.87. The van der Waals surface area contributed by atoms with Crippen LogP contribution < -0.4 is 4.90 Å². The Morgan fingerprint density at radius 2 is 2.14 bits per heavy atom. The molecule has 0 aromatic carbocycles. The van der Waals surface area contributed by atoms with Gasteiger partial charge >= 0.3 is 6.18 Å². The number of aliphatic hydroxyl groups excluding tert-OH is 1. The van der Waals surface area contributed by atoms with Crippen LogP contribution >= 0.6 is 11.6 Å². The van der Waals surface area contributed by atoms with E-state index in [-0.39, 0.29) is 22.6 Å². The van der Waals surface area contributed by atoms with Gasteiger partial charge in [0.25, 0.3) is 0 Å². The molecule has 4 nitrogen and oxygen atoms in total. The first kappa shape index (κ1) is 16.8. The van der Waals surface area contributed by atoms with Crippen molar-refractivity contribution in [2.75, 3.05) is 11.4 Å². The highest BCUT2D eigenvalue weighted by Crippen LogP contribution is 2.39. The number of aliphatic hydroxyl groups is 1. The molecule has 2 rings (SSSR count). The lowest BCUT2D eigenvalue weighted by atomic mass is 9.90. The lowest BCUT2D eigenvalue weighted by molar-refractivity contribution is -0.211. The topological polar surface area (TPSA) is 60.1 Å². The third kappa shape index (κ3) is 2.99. The molecule has 1 aromatic rings. The van der Waals surface area contributed by atoms with Crippen molar-refractivity contribution in [3.05, 3.63) is 23.0 Å². The molecule has 22 heavy (non-hydrogen) atoms. The Morgan fingerprint density at radius 1 is 1.50 bits per heavy atom. The van der Waals surface area contributed by atoms with Gasteiger partial charge in [0, 0.05) is 6.54 Å². The Kier molecular flexibility index (Phi) is 4.54. The van der Waals surface area contributed by atoms with Crippen LogP contribution in [0.2, 0.25) is 5.02 Å². The van der Waals surface area contributed by atoms with Crippen LogP contribution in [0.4, 0.5) is 18.9 Å². The van der Waals surface area contributed by atoms with Gasteiger partial charge in [-0.25, -0.2) is 4.98 Å². The van der Waals surface area contributed by atoms with Crippen LogP contribution in [-0.4, -0.2) is 35.0 Å². The largest absolute Gasteiger partial charge is 0.416 e. The Morgan fingerprint density at radius 3 is 2.64 bits per heavy atom. The van der Waals surface area contributed by atoms with Crippen LogP contribution in [0.15, 0.2) is 12.3 Å². The van der Waals surface area contributed by atoms with E-state index < -0.39 is 18.3 Å². The number of nitrogens with zero attached hydrogens (tertiary/aromatic N) is 3. The summed E-state index contributed by atoms with van der Waals surface area (Å²) in [6.07, 6.45) is -5.85. The van der Waals surface area contributed by atoms with E-state index in [1.807, 2.05) is 6.92 Å². The van der Waals surface area contributed by atoms with E-state index in [1.54, 1.807) is 13.0 Å². The van der Waals surface area contributed by atoms with Crippen LogP contribution in [0.25, 0.3) is 0 Å². The minimum Gasteiger partial charge on any atom is -0.382 e. The number of aromatic nitrogens is 1. The molecule has 120 valence electrons. The molecule has 0 amide bonds. The molecular weight excluding hydrogens is 319 g/mol. The first-order valence-electron chi connectivity index (χ1n) is 6.74.